The van der Waals surface area contributed by atoms with Crippen LogP contribution in [0.1, 0.15) is 51.0 Å². The molecule has 0 saturated heterocycles. The number of halogens is 2. The number of amides is 1. The van der Waals surface area contributed by atoms with E-state index in [4.69, 9.17) is 5.84 Å². The summed E-state index contributed by atoms with van der Waals surface area (Å²) in [5.41, 5.74) is 6.34. The van der Waals surface area contributed by atoms with Crippen LogP contribution in [0.5, 0.6) is 0 Å². The highest BCUT2D eigenvalue weighted by molar-refractivity contribution is 5.94. The molecule has 1 aromatic rings. The summed E-state index contributed by atoms with van der Waals surface area (Å²) >= 11 is 0. The molecule has 3 nitrogen and oxygen atoms in total. The summed E-state index contributed by atoms with van der Waals surface area (Å²) in [6.45, 7) is 1.73. The topological polar surface area (TPSA) is 55.1 Å². The van der Waals surface area contributed by atoms with Crippen molar-refractivity contribution in [3.05, 3.63) is 82.5 Å². The first-order valence-corrected chi connectivity index (χ1v) is 9.72. The molecule has 0 aliphatic heterocycles. The third kappa shape index (κ3) is 6.27. The summed E-state index contributed by atoms with van der Waals surface area (Å²) in [6, 6.07) is 10.1. The van der Waals surface area contributed by atoms with Gasteiger partial charge in [-0.1, -0.05) is 55.5 Å². The van der Waals surface area contributed by atoms with Crippen LogP contribution in [0, 0.1) is 0 Å². The summed E-state index contributed by atoms with van der Waals surface area (Å²) in [5.74, 6) is 5.11. The van der Waals surface area contributed by atoms with Gasteiger partial charge in [0, 0.05) is 5.57 Å². The van der Waals surface area contributed by atoms with Crippen molar-refractivity contribution in [3.63, 3.8) is 0 Å². The molecule has 1 aromatic carbocycles. The third-order valence-electron chi connectivity index (χ3n) is 5.00. The van der Waals surface area contributed by atoms with E-state index in [0.717, 1.165) is 17.6 Å². The normalized spacial score (nSPS) is 15.1. The zero-order valence-corrected chi connectivity index (χ0v) is 16.3. The molecule has 0 atom stereocenters. The van der Waals surface area contributed by atoms with Gasteiger partial charge in [-0.15, -0.1) is 0 Å². The number of hydrogen-bond donors (Lipinski definition) is 2. The molecule has 0 bridgehead atoms. The average Bonchev–Trinajstić information content (AvgIpc) is 2.71. The lowest BCUT2D eigenvalue weighted by molar-refractivity contribution is -0.117. The van der Waals surface area contributed by atoms with Gasteiger partial charge in [-0.2, -0.15) is 8.78 Å². The van der Waals surface area contributed by atoms with E-state index in [1.165, 1.54) is 5.56 Å². The van der Waals surface area contributed by atoms with Crippen molar-refractivity contribution in [1.29, 1.82) is 0 Å². The van der Waals surface area contributed by atoms with Crippen molar-refractivity contribution in [2.75, 3.05) is 0 Å². The van der Waals surface area contributed by atoms with Gasteiger partial charge in [0.05, 0.1) is 0 Å². The van der Waals surface area contributed by atoms with Gasteiger partial charge in [-0.3, -0.25) is 10.2 Å². The Kier molecular flexibility index (Phi) is 8.82. The second-order valence-corrected chi connectivity index (χ2v) is 6.84. The molecule has 2 rings (SSSR count). The lowest BCUT2D eigenvalue weighted by atomic mass is 9.87. The van der Waals surface area contributed by atoms with Gasteiger partial charge < -0.3 is 0 Å². The molecule has 0 radical (unpaired) electrons. The number of rotatable bonds is 9. The summed E-state index contributed by atoms with van der Waals surface area (Å²) < 4.78 is 25.6. The van der Waals surface area contributed by atoms with Gasteiger partial charge in [0.1, 0.15) is 0 Å². The van der Waals surface area contributed by atoms with E-state index in [9.17, 15) is 13.6 Å². The molecule has 5 heteroatoms. The molecule has 1 aliphatic carbocycles. The molecule has 0 spiro atoms. The first kappa shape index (κ1) is 21.8. The first-order chi connectivity index (χ1) is 13.6. The number of carbonyl (C=O) groups excluding carboxylic acids is 1. The Bertz CT molecular complexity index is 788. The van der Waals surface area contributed by atoms with Crippen LogP contribution in [-0.2, 0) is 11.2 Å². The Morgan fingerprint density at radius 2 is 1.86 bits per heavy atom. The van der Waals surface area contributed by atoms with Crippen LogP contribution in [0.2, 0.25) is 0 Å². The van der Waals surface area contributed by atoms with Crippen molar-refractivity contribution in [2.24, 2.45) is 5.84 Å². The van der Waals surface area contributed by atoms with E-state index in [2.05, 4.69) is 17.6 Å². The zero-order valence-electron chi connectivity index (χ0n) is 16.3. The molecule has 0 aromatic heterocycles. The van der Waals surface area contributed by atoms with Crippen LogP contribution in [0.4, 0.5) is 8.78 Å². The van der Waals surface area contributed by atoms with E-state index in [0.29, 0.717) is 44.1 Å². The van der Waals surface area contributed by atoms with Crippen molar-refractivity contribution in [2.45, 2.75) is 51.9 Å². The van der Waals surface area contributed by atoms with Gasteiger partial charge in [0.2, 0.25) is 0 Å². The Morgan fingerprint density at radius 3 is 2.50 bits per heavy atom. The highest BCUT2D eigenvalue weighted by Crippen LogP contribution is 2.29. The standard InChI is InChI=1S/C23H28F2N2O/c1-2-18(22(24)25)12-6-9-15-21(23(28)27-26)20-14-8-7-13-19(20)16-17-10-4-3-5-11-17/h3-5,7-8,10-11,13H,2,6,9,12,14-16,26H2,1H3,(H,27,28). The number of carbonyl (C=O) groups is 1. The van der Waals surface area contributed by atoms with Crippen molar-refractivity contribution < 1.29 is 13.6 Å². The molecule has 3 N–H and O–H groups in total. The molecule has 0 unspecified atom stereocenters. The monoisotopic (exact) mass is 386 g/mol. The van der Waals surface area contributed by atoms with E-state index < -0.39 is 6.08 Å². The molecule has 0 saturated carbocycles. The lowest BCUT2D eigenvalue weighted by Gasteiger charge is -2.19. The largest absolute Gasteiger partial charge is 0.290 e. The summed E-state index contributed by atoms with van der Waals surface area (Å²) in [5, 5.41) is 0. The number of unbranched alkanes of at least 4 members (excludes halogenated alkanes) is 1. The quantitative estimate of drug-likeness (QED) is 0.193. The number of hydrazine groups is 1. The molecule has 1 aliphatic rings. The molecule has 0 fully saturated rings. The Hall–Kier alpha value is -2.53. The van der Waals surface area contributed by atoms with Crippen molar-refractivity contribution in [3.8, 4) is 0 Å². The second-order valence-electron chi connectivity index (χ2n) is 6.84. The molecule has 150 valence electrons. The van der Waals surface area contributed by atoms with Gasteiger partial charge in [0.15, 0.2) is 0 Å². The van der Waals surface area contributed by atoms with Crippen LogP contribution in [0.15, 0.2) is 76.9 Å². The average molecular weight is 386 g/mol. The summed E-state index contributed by atoms with van der Waals surface area (Å²) in [6.07, 6.45) is 8.38. The van der Waals surface area contributed by atoms with Crippen LogP contribution >= 0.6 is 0 Å². The van der Waals surface area contributed by atoms with Gasteiger partial charge in [0.25, 0.3) is 12.0 Å². The van der Waals surface area contributed by atoms with Crippen LogP contribution in [0.25, 0.3) is 0 Å². The Labute approximate surface area is 165 Å². The maximum Gasteiger partial charge on any atom is 0.269 e. The molecule has 1 amide bonds. The second kappa shape index (κ2) is 11.3. The fourth-order valence-corrected chi connectivity index (χ4v) is 3.43. The molecular formula is C23H28F2N2O. The molecule has 0 heterocycles. The molecular weight excluding hydrogens is 358 g/mol. The number of hydrogen-bond acceptors (Lipinski definition) is 2. The van der Waals surface area contributed by atoms with Crippen molar-refractivity contribution >= 4 is 5.91 Å². The van der Waals surface area contributed by atoms with Gasteiger partial charge in [-0.05, 0) is 67.2 Å². The number of nitrogens with one attached hydrogen (secondary N) is 1. The minimum absolute atomic E-state index is 0.197. The maximum atomic E-state index is 12.8. The van der Waals surface area contributed by atoms with E-state index in [-0.39, 0.29) is 11.5 Å². The van der Waals surface area contributed by atoms with E-state index in [1.807, 2.05) is 36.4 Å². The third-order valence-corrected chi connectivity index (χ3v) is 5.00. The van der Waals surface area contributed by atoms with E-state index in [1.54, 1.807) is 6.92 Å². The smallest absolute Gasteiger partial charge is 0.269 e. The SMILES string of the molecule is CCC(CCCCC(C(=O)NN)=C1CC=CC=C1Cc1ccccc1)=C(F)F. The van der Waals surface area contributed by atoms with E-state index >= 15 is 0 Å². The Balaban J connectivity index is 2.15. The minimum Gasteiger partial charge on any atom is -0.290 e. The van der Waals surface area contributed by atoms with Gasteiger partial charge in [-0.25, -0.2) is 5.84 Å². The highest BCUT2D eigenvalue weighted by Gasteiger charge is 2.18. The van der Waals surface area contributed by atoms with Crippen molar-refractivity contribution in [1.82, 2.24) is 5.43 Å². The zero-order chi connectivity index (χ0) is 20.4. The fraction of sp³-hybridized carbons (Fsp3) is 0.348. The first-order valence-electron chi connectivity index (χ1n) is 9.72. The van der Waals surface area contributed by atoms with Crippen LogP contribution in [-0.4, -0.2) is 5.91 Å². The van der Waals surface area contributed by atoms with Crippen LogP contribution in [0.3, 0.4) is 0 Å². The highest BCUT2D eigenvalue weighted by atomic mass is 19.3. The summed E-state index contributed by atoms with van der Waals surface area (Å²) in [4.78, 5) is 12.4. The Morgan fingerprint density at radius 1 is 1.14 bits per heavy atom. The molecule has 28 heavy (non-hydrogen) atoms. The maximum absolute atomic E-state index is 12.8. The number of nitrogens with two attached hydrogens (primary N) is 1. The predicted molar refractivity (Wildman–Crippen MR) is 109 cm³/mol. The fourth-order valence-electron chi connectivity index (χ4n) is 3.43. The number of allylic oxidation sites excluding steroid dienone is 6. The lowest BCUT2D eigenvalue weighted by Crippen LogP contribution is -2.32. The van der Waals surface area contributed by atoms with Crippen LogP contribution < -0.4 is 11.3 Å². The van der Waals surface area contributed by atoms with Gasteiger partial charge >= 0.3 is 0 Å². The predicted octanol–water partition coefficient (Wildman–Crippen LogP) is 5.52. The minimum atomic E-state index is -1.58. The summed E-state index contributed by atoms with van der Waals surface area (Å²) in [7, 11) is 0. The number of benzene rings is 1.